The van der Waals surface area contributed by atoms with Crippen LogP contribution in [0.4, 0.5) is 4.39 Å². The molecule has 2 aromatic heterocycles. The molecule has 0 aliphatic carbocycles. The van der Waals surface area contributed by atoms with E-state index in [1.807, 2.05) is 0 Å². The summed E-state index contributed by atoms with van der Waals surface area (Å²) in [5.41, 5.74) is 1.31. The molecule has 0 aliphatic heterocycles. The lowest BCUT2D eigenvalue weighted by molar-refractivity contribution is 0.621. The van der Waals surface area contributed by atoms with Crippen LogP contribution in [0.25, 0.3) is 5.69 Å². The number of aryl methyl sites for hydroxylation is 1. The maximum Gasteiger partial charge on any atom is 0.148 e. The largest absolute Gasteiger partial charge is 0.224 e. The molecule has 7 nitrogen and oxygen atoms in total. The van der Waals surface area contributed by atoms with Gasteiger partial charge in [0.2, 0.25) is 0 Å². The molecule has 2 heterocycles. The average Bonchev–Trinajstić information content (AvgIpc) is 3.04. The van der Waals surface area contributed by atoms with E-state index in [9.17, 15) is 4.39 Å². The maximum atomic E-state index is 13.1. The number of nitrogens with zero attached hydrogens (tertiary/aromatic N) is 7. The third kappa shape index (κ3) is 2.37. The smallest absolute Gasteiger partial charge is 0.148 e. The van der Waals surface area contributed by atoms with Crippen LogP contribution in [0.2, 0.25) is 5.02 Å². The highest BCUT2D eigenvalue weighted by molar-refractivity contribution is 6.30. The summed E-state index contributed by atoms with van der Waals surface area (Å²) in [5, 5.41) is 19.2. The fourth-order valence-electron chi connectivity index (χ4n) is 1.67. The lowest BCUT2D eigenvalue weighted by atomic mass is 10.3. The second-order valence-corrected chi connectivity index (χ2v) is 4.54. The zero-order valence-electron chi connectivity index (χ0n) is 10.4. The molecule has 0 spiro atoms. The van der Waals surface area contributed by atoms with Gasteiger partial charge in [0.1, 0.15) is 17.3 Å². The Kier molecular flexibility index (Phi) is 3.15. The number of aromatic nitrogens is 7. The minimum Gasteiger partial charge on any atom is -0.224 e. The minimum absolute atomic E-state index is 0.0378. The molecule has 0 saturated heterocycles. The number of halogens is 2. The summed E-state index contributed by atoms with van der Waals surface area (Å²) in [4.78, 5) is 0. The minimum atomic E-state index is -0.472. The maximum absolute atomic E-state index is 13.1. The van der Waals surface area contributed by atoms with Crippen LogP contribution in [-0.4, -0.2) is 35.2 Å². The van der Waals surface area contributed by atoms with Crippen LogP contribution in [0.15, 0.2) is 24.4 Å². The van der Waals surface area contributed by atoms with Gasteiger partial charge in [-0.1, -0.05) is 16.8 Å². The Balaban J connectivity index is 1.86. The lowest BCUT2D eigenvalue weighted by Gasteiger charge is -2.01. The molecule has 0 fully saturated rings. The molecule has 9 heteroatoms. The van der Waals surface area contributed by atoms with Crippen LogP contribution in [0.1, 0.15) is 11.5 Å². The summed E-state index contributed by atoms with van der Waals surface area (Å²) in [6.45, 7) is 2.21. The van der Waals surface area contributed by atoms with Crippen molar-refractivity contribution in [2.45, 2.75) is 13.5 Å². The summed E-state index contributed by atoms with van der Waals surface area (Å²) < 4.78 is 16.2. The van der Waals surface area contributed by atoms with Gasteiger partial charge < -0.3 is 0 Å². The van der Waals surface area contributed by atoms with Gasteiger partial charge in [-0.2, -0.15) is 0 Å². The third-order valence-electron chi connectivity index (χ3n) is 2.73. The molecule has 20 heavy (non-hydrogen) atoms. The van der Waals surface area contributed by atoms with Gasteiger partial charge in [0.25, 0.3) is 0 Å². The van der Waals surface area contributed by atoms with E-state index >= 15 is 0 Å². The Labute approximate surface area is 118 Å². The number of tetrazole rings is 1. The van der Waals surface area contributed by atoms with Gasteiger partial charge >= 0.3 is 0 Å². The molecule has 3 rings (SSSR count). The van der Waals surface area contributed by atoms with Crippen LogP contribution in [-0.2, 0) is 6.54 Å². The van der Waals surface area contributed by atoms with E-state index in [4.69, 9.17) is 11.6 Å². The molecule has 3 aromatic rings. The van der Waals surface area contributed by atoms with E-state index < -0.39 is 5.82 Å². The van der Waals surface area contributed by atoms with Gasteiger partial charge in [-0.15, -0.1) is 10.2 Å². The molecule has 0 atom stereocenters. The van der Waals surface area contributed by atoms with E-state index in [0.29, 0.717) is 23.8 Å². The van der Waals surface area contributed by atoms with Crippen molar-refractivity contribution in [3.05, 3.63) is 46.8 Å². The van der Waals surface area contributed by atoms with Crippen molar-refractivity contribution in [2.24, 2.45) is 0 Å². The van der Waals surface area contributed by atoms with Crippen molar-refractivity contribution in [1.29, 1.82) is 0 Å². The van der Waals surface area contributed by atoms with Gasteiger partial charge in [0.05, 0.1) is 23.5 Å². The molecule has 0 N–H and O–H groups in total. The van der Waals surface area contributed by atoms with Crippen LogP contribution < -0.4 is 0 Å². The van der Waals surface area contributed by atoms with Gasteiger partial charge in [-0.3, -0.25) is 0 Å². The second-order valence-electron chi connectivity index (χ2n) is 4.14. The van der Waals surface area contributed by atoms with E-state index in [1.54, 1.807) is 23.9 Å². The number of hydrogen-bond acceptors (Lipinski definition) is 5. The fourth-order valence-corrected chi connectivity index (χ4v) is 1.85. The highest BCUT2D eigenvalue weighted by Gasteiger charge is 2.08. The van der Waals surface area contributed by atoms with Crippen LogP contribution in [0.3, 0.4) is 0 Å². The van der Waals surface area contributed by atoms with Gasteiger partial charge in [-0.05, 0) is 35.5 Å². The van der Waals surface area contributed by atoms with Gasteiger partial charge in [-0.25, -0.2) is 13.8 Å². The molecule has 102 valence electrons. The molecular formula is C11H9ClFN7. The zero-order valence-corrected chi connectivity index (χ0v) is 11.2. The standard InChI is InChI=1S/C11H9ClFN7/c1-7-14-16-18-19(7)5-8-6-20(17-15-8)9-2-3-11(13)10(12)4-9/h2-4,6H,5H2,1H3. The Morgan fingerprint density at radius 3 is 2.80 bits per heavy atom. The van der Waals surface area contributed by atoms with E-state index in [2.05, 4.69) is 25.8 Å². The molecule has 0 radical (unpaired) electrons. The lowest BCUT2D eigenvalue weighted by Crippen LogP contribution is -2.04. The second kappa shape index (κ2) is 4.97. The predicted molar refractivity (Wildman–Crippen MR) is 68.0 cm³/mol. The first-order valence-electron chi connectivity index (χ1n) is 5.73. The number of rotatable bonds is 3. The van der Waals surface area contributed by atoms with Crippen LogP contribution >= 0.6 is 11.6 Å². The summed E-state index contributed by atoms with van der Waals surface area (Å²) in [6, 6.07) is 4.34. The van der Waals surface area contributed by atoms with Crippen LogP contribution in [0.5, 0.6) is 0 Å². The van der Waals surface area contributed by atoms with E-state index in [0.717, 1.165) is 0 Å². The predicted octanol–water partition coefficient (Wildman–Crippen LogP) is 1.40. The van der Waals surface area contributed by atoms with Crippen molar-refractivity contribution in [3.8, 4) is 5.69 Å². The van der Waals surface area contributed by atoms with Gasteiger partial charge in [0, 0.05) is 0 Å². The quantitative estimate of drug-likeness (QED) is 0.730. The average molecular weight is 294 g/mol. The number of benzene rings is 1. The fraction of sp³-hybridized carbons (Fsp3) is 0.182. The summed E-state index contributed by atoms with van der Waals surface area (Å²) >= 11 is 5.74. The Bertz CT molecular complexity index is 751. The topological polar surface area (TPSA) is 74.3 Å². The SMILES string of the molecule is Cc1nnnn1Cc1cn(-c2ccc(F)c(Cl)c2)nn1. The first kappa shape index (κ1) is 12.7. The molecule has 0 bridgehead atoms. The highest BCUT2D eigenvalue weighted by Crippen LogP contribution is 2.18. The summed E-state index contributed by atoms with van der Waals surface area (Å²) in [6.07, 6.45) is 1.71. The first-order valence-corrected chi connectivity index (χ1v) is 6.11. The number of hydrogen-bond donors (Lipinski definition) is 0. The Hall–Kier alpha value is -2.35. The van der Waals surface area contributed by atoms with E-state index in [-0.39, 0.29) is 5.02 Å². The van der Waals surface area contributed by atoms with Gasteiger partial charge in [0.15, 0.2) is 0 Å². The van der Waals surface area contributed by atoms with Crippen molar-refractivity contribution in [2.75, 3.05) is 0 Å². The molecule has 0 saturated carbocycles. The highest BCUT2D eigenvalue weighted by atomic mass is 35.5. The monoisotopic (exact) mass is 293 g/mol. The first-order chi connectivity index (χ1) is 9.63. The summed E-state index contributed by atoms with van der Waals surface area (Å²) in [7, 11) is 0. The summed E-state index contributed by atoms with van der Waals surface area (Å²) in [5.74, 6) is 0.212. The Morgan fingerprint density at radius 1 is 1.25 bits per heavy atom. The van der Waals surface area contributed by atoms with Crippen molar-refractivity contribution < 1.29 is 4.39 Å². The van der Waals surface area contributed by atoms with Crippen LogP contribution in [0, 0.1) is 12.7 Å². The molecule has 0 aliphatic rings. The molecule has 0 amide bonds. The molecule has 0 unspecified atom stereocenters. The Morgan fingerprint density at radius 2 is 2.10 bits per heavy atom. The third-order valence-corrected chi connectivity index (χ3v) is 3.02. The molecular weight excluding hydrogens is 285 g/mol. The van der Waals surface area contributed by atoms with Crippen molar-refractivity contribution in [3.63, 3.8) is 0 Å². The van der Waals surface area contributed by atoms with Crippen molar-refractivity contribution >= 4 is 11.6 Å². The molecule has 1 aromatic carbocycles. The van der Waals surface area contributed by atoms with Crippen molar-refractivity contribution in [1.82, 2.24) is 35.2 Å². The normalized spacial score (nSPS) is 10.9. The zero-order chi connectivity index (χ0) is 14.1. The van der Waals surface area contributed by atoms with E-state index in [1.165, 1.54) is 16.8 Å².